The molecule has 0 radical (unpaired) electrons. The van der Waals surface area contributed by atoms with Crippen LogP contribution in [0.15, 0.2) is 23.4 Å². The van der Waals surface area contributed by atoms with Crippen LogP contribution < -0.4 is 15.8 Å². The Morgan fingerprint density at radius 3 is 2.80 bits per heavy atom. The summed E-state index contributed by atoms with van der Waals surface area (Å²) in [6.45, 7) is 4.40. The van der Waals surface area contributed by atoms with Crippen LogP contribution in [-0.4, -0.2) is 38.4 Å². The molecule has 112 valence electrons. The summed E-state index contributed by atoms with van der Waals surface area (Å²) in [6, 6.07) is 5.60. The Hall–Kier alpha value is -1.79. The first kappa shape index (κ1) is 16.3. The Balaban J connectivity index is 2.68. The van der Waals surface area contributed by atoms with Gasteiger partial charge < -0.3 is 25.7 Å². The van der Waals surface area contributed by atoms with Gasteiger partial charge in [0, 0.05) is 26.8 Å². The lowest BCUT2D eigenvalue weighted by molar-refractivity contribution is 0.158. The molecule has 0 aliphatic heterocycles. The van der Waals surface area contributed by atoms with Crippen molar-refractivity contribution in [3.8, 4) is 5.75 Å². The third kappa shape index (κ3) is 4.71. The fourth-order valence-electron chi connectivity index (χ4n) is 1.93. The van der Waals surface area contributed by atoms with E-state index in [0.29, 0.717) is 23.8 Å². The van der Waals surface area contributed by atoms with Gasteiger partial charge in [0.05, 0.1) is 12.7 Å². The van der Waals surface area contributed by atoms with Gasteiger partial charge in [0.15, 0.2) is 5.84 Å². The molecule has 0 amide bonds. The van der Waals surface area contributed by atoms with Gasteiger partial charge in [-0.15, -0.1) is 0 Å². The highest BCUT2D eigenvalue weighted by molar-refractivity contribution is 5.99. The monoisotopic (exact) mass is 281 g/mol. The van der Waals surface area contributed by atoms with Gasteiger partial charge in [-0.1, -0.05) is 18.1 Å². The standard InChI is InChI=1S/C14H23N3O3/c1-10(9-19-2)7-16-8-11-4-5-13(20-3)12(6-11)14(15)17-18/h4-6,10,16,18H,7-9H2,1-3H3,(H2,15,17). The van der Waals surface area contributed by atoms with Crippen molar-refractivity contribution in [1.82, 2.24) is 5.32 Å². The average molecular weight is 281 g/mol. The third-order valence-electron chi connectivity index (χ3n) is 2.92. The molecule has 6 nitrogen and oxygen atoms in total. The van der Waals surface area contributed by atoms with Gasteiger partial charge in [0.2, 0.25) is 0 Å². The number of amidine groups is 1. The van der Waals surface area contributed by atoms with Crippen LogP contribution in [0.4, 0.5) is 0 Å². The van der Waals surface area contributed by atoms with Gasteiger partial charge in [-0.05, 0) is 23.6 Å². The Morgan fingerprint density at radius 1 is 1.45 bits per heavy atom. The number of hydrogen-bond donors (Lipinski definition) is 3. The van der Waals surface area contributed by atoms with Crippen LogP contribution in [-0.2, 0) is 11.3 Å². The van der Waals surface area contributed by atoms with Gasteiger partial charge >= 0.3 is 0 Å². The molecule has 0 aliphatic carbocycles. The van der Waals surface area contributed by atoms with E-state index in [1.165, 1.54) is 0 Å². The number of nitrogens with two attached hydrogens (primary N) is 1. The molecular formula is C14H23N3O3. The zero-order valence-electron chi connectivity index (χ0n) is 12.2. The summed E-state index contributed by atoms with van der Waals surface area (Å²) in [6.07, 6.45) is 0. The molecule has 0 aromatic heterocycles. The van der Waals surface area contributed by atoms with Crippen LogP contribution in [0.2, 0.25) is 0 Å². The molecule has 4 N–H and O–H groups in total. The van der Waals surface area contributed by atoms with Crippen molar-refractivity contribution >= 4 is 5.84 Å². The molecule has 0 fully saturated rings. The predicted octanol–water partition coefficient (Wildman–Crippen LogP) is 1.16. The Kier molecular flexibility index (Phi) is 6.83. The first-order valence-corrected chi connectivity index (χ1v) is 6.46. The molecular weight excluding hydrogens is 258 g/mol. The number of methoxy groups -OCH3 is 2. The van der Waals surface area contributed by atoms with E-state index in [2.05, 4.69) is 17.4 Å². The number of oxime groups is 1. The number of hydrogen-bond acceptors (Lipinski definition) is 5. The maximum Gasteiger partial charge on any atom is 0.173 e. The number of ether oxygens (including phenoxy) is 2. The lowest BCUT2D eigenvalue weighted by atomic mass is 10.1. The van der Waals surface area contributed by atoms with Gasteiger partial charge in [0.1, 0.15) is 5.75 Å². The molecule has 0 saturated heterocycles. The third-order valence-corrected chi connectivity index (χ3v) is 2.92. The highest BCUT2D eigenvalue weighted by atomic mass is 16.5. The first-order valence-electron chi connectivity index (χ1n) is 6.46. The summed E-state index contributed by atoms with van der Waals surface area (Å²) in [4.78, 5) is 0. The maximum atomic E-state index is 8.78. The van der Waals surface area contributed by atoms with Crippen LogP contribution in [0.25, 0.3) is 0 Å². The van der Waals surface area contributed by atoms with Crippen molar-refractivity contribution in [2.75, 3.05) is 27.4 Å². The highest BCUT2D eigenvalue weighted by Gasteiger charge is 2.09. The number of nitrogens with one attached hydrogen (secondary N) is 1. The lowest BCUT2D eigenvalue weighted by Crippen LogP contribution is -2.23. The van der Waals surface area contributed by atoms with E-state index in [9.17, 15) is 0 Å². The van der Waals surface area contributed by atoms with E-state index >= 15 is 0 Å². The number of rotatable bonds is 8. The summed E-state index contributed by atoms with van der Waals surface area (Å²) in [5.74, 6) is 1.06. The van der Waals surface area contributed by atoms with Crippen molar-refractivity contribution < 1.29 is 14.7 Å². The van der Waals surface area contributed by atoms with E-state index < -0.39 is 0 Å². The molecule has 0 aliphatic rings. The van der Waals surface area contributed by atoms with Gasteiger partial charge in [-0.25, -0.2) is 0 Å². The van der Waals surface area contributed by atoms with Crippen LogP contribution in [0.1, 0.15) is 18.1 Å². The summed E-state index contributed by atoms with van der Waals surface area (Å²) in [5, 5.41) is 15.1. The average Bonchev–Trinajstić information content (AvgIpc) is 2.46. The molecule has 1 aromatic rings. The summed E-state index contributed by atoms with van der Waals surface area (Å²) >= 11 is 0. The molecule has 20 heavy (non-hydrogen) atoms. The minimum absolute atomic E-state index is 0.0384. The number of benzene rings is 1. The van der Waals surface area contributed by atoms with Gasteiger partial charge in [-0.3, -0.25) is 0 Å². The smallest absolute Gasteiger partial charge is 0.173 e. The molecule has 1 aromatic carbocycles. The van der Waals surface area contributed by atoms with Crippen molar-refractivity contribution in [3.63, 3.8) is 0 Å². The predicted molar refractivity (Wildman–Crippen MR) is 78.3 cm³/mol. The fraction of sp³-hybridized carbons (Fsp3) is 0.500. The molecule has 1 atom stereocenters. The second kappa shape index (κ2) is 8.39. The SMILES string of the molecule is COCC(C)CNCc1ccc(OC)c(C(N)=NO)c1. The van der Waals surface area contributed by atoms with E-state index in [1.807, 2.05) is 18.2 Å². The van der Waals surface area contributed by atoms with Crippen LogP contribution in [0, 0.1) is 5.92 Å². The number of nitrogens with zero attached hydrogens (tertiary/aromatic N) is 1. The van der Waals surface area contributed by atoms with Crippen LogP contribution in [0.3, 0.4) is 0 Å². The zero-order valence-corrected chi connectivity index (χ0v) is 12.2. The summed E-state index contributed by atoms with van der Waals surface area (Å²) in [5.41, 5.74) is 7.26. The quantitative estimate of drug-likeness (QED) is 0.288. The van der Waals surface area contributed by atoms with E-state index in [4.69, 9.17) is 20.4 Å². The molecule has 0 heterocycles. The Morgan fingerprint density at radius 2 is 2.20 bits per heavy atom. The van der Waals surface area contributed by atoms with Crippen LogP contribution in [0.5, 0.6) is 5.75 Å². The normalized spacial score (nSPS) is 13.2. The summed E-state index contributed by atoms with van der Waals surface area (Å²) in [7, 11) is 3.25. The van der Waals surface area contributed by atoms with Gasteiger partial charge in [0.25, 0.3) is 0 Å². The molecule has 1 rings (SSSR count). The molecule has 6 heteroatoms. The Bertz CT molecular complexity index is 449. The second-order valence-electron chi connectivity index (χ2n) is 4.71. The highest BCUT2D eigenvalue weighted by Crippen LogP contribution is 2.19. The topological polar surface area (TPSA) is 89.1 Å². The van der Waals surface area contributed by atoms with Crippen LogP contribution >= 0.6 is 0 Å². The van der Waals surface area contributed by atoms with E-state index in [1.54, 1.807) is 14.2 Å². The molecule has 0 saturated carbocycles. The Labute approximate surface area is 119 Å². The van der Waals surface area contributed by atoms with Crippen molar-refractivity contribution in [1.29, 1.82) is 0 Å². The zero-order chi connectivity index (χ0) is 15.0. The summed E-state index contributed by atoms with van der Waals surface area (Å²) < 4.78 is 10.3. The van der Waals surface area contributed by atoms with Crippen molar-refractivity contribution in [2.45, 2.75) is 13.5 Å². The van der Waals surface area contributed by atoms with Gasteiger partial charge in [-0.2, -0.15) is 0 Å². The lowest BCUT2D eigenvalue weighted by Gasteiger charge is -2.13. The molecule has 0 spiro atoms. The minimum atomic E-state index is 0.0384. The second-order valence-corrected chi connectivity index (χ2v) is 4.71. The molecule has 1 unspecified atom stereocenters. The maximum absolute atomic E-state index is 8.78. The van der Waals surface area contributed by atoms with Crippen molar-refractivity contribution in [2.24, 2.45) is 16.8 Å². The van der Waals surface area contributed by atoms with E-state index in [-0.39, 0.29) is 5.84 Å². The fourth-order valence-corrected chi connectivity index (χ4v) is 1.93. The molecule has 0 bridgehead atoms. The van der Waals surface area contributed by atoms with Crippen molar-refractivity contribution in [3.05, 3.63) is 29.3 Å². The minimum Gasteiger partial charge on any atom is -0.496 e. The first-order chi connectivity index (χ1) is 9.62. The van der Waals surface area contributed by atoms with E-state index in [0.717, 1.165) is 18.7 Å². The largest absolute Gasteiger partial charge is 0.496 e.